The number of hydrogen-bond donors (Lipinski definition) is 2. The third-order valence-electron chi connectivity index (χ3n) is 5.74. The summed E-state index contributed by atoms with van der Waals surface area (Å²) in [5.41, 5.74) is 0. The minimum Gasteiger partial charge on any atom is -0.450 e. The first kappa shape index (κ1) is 29.5. The molecule has 0 heterocycles. The Morgan fingerprint density at radius 2 is 0.516 bits per heavy atom. The van der Waals surface area contributed by atoms with Gasteiger partial charge >= 0.3 is 12.3 Å². The molecule has 0 spiro atoms. The highest BCUT2D eigenvalue weighted by Gasteiger charge is 1.98. The van der Waals surface area contributed by atoms with E-state index in [9.17, 15) is 9.59 Å². The fourth-order valence-electron chi connectivity index (χ4n) is 3.88. The van der Waals surface area contributed by atoms with Gasteiger partial charge in [0, 0.05) is 0 Å². The van der Waals surface area contributed by atoms with Crippen molar-refractivity contribution in [3.8, 4) is 0 Å². The zero-order valence-electron chi connectivity index (χ0n) is 19.8. The molecule has 0 rings (SSSR count). The van der Waals surface area contributed by atoms with Crippen LogP contribution < -0.4 is 0 Å². The number of hydrogen-bond acceptors (Lipinski definition) is 4. The molecule has 31 heavy (non-hydrogen) atoms. The number of rotatable bonds is 24. The Bertz CT molecular complexity index is 363. The van der Waals surface area contributed by atoms with Crippen LogP contribution in [0, 0.1) is 0 Å². The fourth-order valence-corrected chi connectivity index (χ4v) is 3.88. The van der Waals surface area contributed by atoms with Crippen LogP contribution in [-0.4, -0.2) is 35.7 Å². The molecule has 0 aliphatic rings. The highest BCUT2D eigenvalue weighted by Crippen LogP contribution is 2.15. The summed E-state index contributed by atoms with van der Waals surface area (Å²) in [6.07, 6.45) is 24.0. The van der Waals surface area contributed by atoms with E-state index in [2.05, 4.69) is 9.47 Å². The van der Waals surface area contributed by atoms with Crippen LogP contribution in [-0.2, 0) is 9.47 Å². The topological polar surface area (TPSA) is 93.1 Å². The van der Waals surface area contributed by atoms with E-state index in [4.69, 9.17) is 10.2 Å². The van der Waals surface area contributed by atoms with Crippen LogP contribution in [0.4, 0.5) is 9.59 Å². The summed E-state index contributed by atoms with van der Waals surface area (Å²) in [6, 6.07) is 0. The SMILES string of the molecule is O=C(O)OCCCCCCCCCCCCCCCCCCCCCCCOC(=O)O. The molecule has 0 aliphatic carbocycles. The predicted octanol–water partition coefficient (Wildman–Crippen LogP) is 8.57. The Balaban J connectivity index is 3.02. The van der Waals surface area contributed by atoms with Crippen LogP contribution in [0.25, 0.3) is 0 Å². The third-order valence-corrected chi connectivity index (χ3v) is 5.74. The lowest BCUT2D eigenvalue weighted by molar-refractivity contribution is 0.0887. The molecule has 0 radical (unpaired) electrons. The second kappa shape index (κ2) is 24.8. The monoisotopic (exact) mass is 444 g/mol. The summed E-state index contributed by atoms with van der Waals surface area (Å²) in [5.74, 6) is 0. The summed E-state index contributed by atoms with van der Waals surface area (Å²) in [5, 5.41) is 16.7. The van der Waals surface area contributed by atoms with Crippen LogP contribution in [0.3, 0.4) is 0 Å². The van der Waals surface area contributed by atoms with Crippen molar-refractivity contribution in [1.82, 2.24) is 0 Å². The van der Waals surface area contributed by atoms with Crippen molar-refractivity contribution >= 4 is 12.3 Å². The maximum Gasteiger partial charge on any atom is 0.505 e. The first-order valence-electron chi connectivity index (χ1n) is 12.8. The van der Waals surface area contributed by atoms with E-state index >= 15 is 0 Å². The average molecular weight is 445 g/mol. The van der Waals surface area contributed by atoms with Gasteiger partial charge in [-0.3, -0.25) is 0 Å². The van der Waals surface area contributed by atoms with Gasteiger partial charge in [-0.05, 0) is 12.8 Å². The molecule has 0 saturated heterocycles. The summed E-state index contributed by atoms with van der Waals surface area (Å²) in [7, 11) is 0. The lowest BCUT2D eigenvalue weighted by atomic mass is 10.0. The Morgan fingerprint density at radius 1 is 0.355 bits per heavy atom. The van der Waals surface area contributed by atoms with Crippen molar-refractivity contribution in [3.63, 3.8) is 0 Å². The zero-order chi connectivity index (χ0) is 22.8. The molecule has 0 fully saturated rings. The van der Waals surface area contributed by atoms with Gasteiger partial charge in [-0.15, -0.1) is 0 Å². The molecule has 0 unspecified atom stereocenters. The van der Waals surface area contributed by atoms with E-state index in [0.717, 1.165) is 25.7 Å². The van der Waals surface area contributed by atoms with Crippen LogP contribution in [0.1, 0.15) is 135 Å². The molecule has 0 saturated carbocycles. The van der Waals surface area contributed by atoms with E-state index in [-0.39, 0.29) is 0 Å². The van der Waals surface area contributed by atoms with Crippen LogP contribution in [0.15, 0.2) is 0 Å². The molecule has 0 aliphatic heterocycles. The molecule has 0 atom stereocenters. The van der Waals surface area contributed by atoms with E-state index < -0.39 is 12.3 Å². The van der Waals surface area contributed by atoms with E-state index in [0.29, 0.717) is 13.2 Å². The molecule has 0 aromatic heterocycles. The summed E-state index contributed by atoms with van der Waals surface area (Å²) in [4.78, 5) is 20.4. The van der Waals surface area contributed by atoms with Gasteiger partial charge in [-0.25, -0.2) is 9.59 Å². The summed E-state index contributed by atoms with van der Waals surface area (Å²) >= 11 is 0. The van der Waals surface area contributed by atoms with Gasteiger partial charge in [0.25, 0.3) is 0 Å². The van der Waals surface area contributed by atoms with Gasteiger partial charge in [0.1, 0.15) is 0 Å². The Morgan fingerprint density at radius 3 is 0.677 bits per heavy atom. The van der Waals surface area contributed by atoms with Gasteiger partial charge in [-0.1, -0.05) is 122 Å². The van der Waals surface area contributed by atoms with Crippen LogP contribution in [0.2, 0.25) is 0 Å². The Kier molecular flexibility index (Phi) is 23.6. The molecule has 6 nitrogen and oxygen atoms in total. The zero-order valence-corrected chi connectivity index (χ0v) is 19.8. The molecule has 0 aromatic rings. The van der Waals surface area contributed by atoms with Gasteiger partial charge in [0.2, 0.25) is 0 Å². The standard InChI is InChI=1S/C25H48O6/c26-24(27)30-22-20-18-16-14-12-10-8-6-4-2-1-3-5-7-9-11-13-15-17-19-21-23-31-25(28)29/h1-23H2,(H,26,27)(H,28,29). The van der Waals surface area contributed by atoms with Gasteiger partial charge in [-0.2, -0.15) is 0 Å². The van der Waals surface area contributed by atoms with E-state index in [1.54, 1.807) is 0 Å². The van der Waals surface area contributed by atoms with Gasteiger partial charge in [0.05, 0.1) is 13.2 Å². The average Bonchev–Trinajstić information content (AvgIpc) is 2.73. The molecule has 184 valence electrons. The van der Waals surface area contributed by atoms with Gasteiger partial charge < -0.3 is 19.7 Å². The van der Waals surface area contributed by atoms with Crippen molar-refractivity contribution < 1.29 is 29.3 Å². The first-order chi connectivity index (χ1) is 15.1. The largest absolute Gasteiger partial charge is 0.505 e. The summed E-state index contributed by atoms with van der Waals surface area (Å²) < 4.78 is 8.99. The van der Waals surface area contributed by atoms with Crippen LogP contribution in [0.5, 0.6) is 0 Å². The maximum atomic E-state index is 10.2. The highest BCUT2D eigenvalue weighted by molar-refractivity contribution is 5.56. The maximum absolute atomic E-state index is 10.2. The number of ether oxygens (including phenoxy) is 2. The Hall–Kier alpha value is -1.46. The van der Waals surface area contributed by atoms with Crippen LogP contribution >= 0.6 is 0 Å². The summed E-state index contributed by atoms with van der Waals surface area (Å²) in [6.45, 7) is 0.676. The lowest BCUT2D eigenvalue weighted by Gasteiger charge is -2.04. The number of carboxylic acid groups (broad SMARTS) is 2. The van der Waals surface area contributed by atoms with Crippen molar-refractivity contribution in [2.75, 3.05) is 13.2 Å². The molecule has 0 aromatic carbocycles. The van der Waals surface area contributed by atoms with Crippen molar-refractivity contribution in [2.24, 2.45) is 0 Å². The van der Waals surface area contributed by atoms with Crippen molar-refractivity contribution in [3.05, 3.63) is 0 Å². The van der Waals surface area contributed by atoms with E-state index in [1.165, 1.54) is 109 Å². The normalized spacial score (nSPS) is 10.8. The number of unbranched alkanes of at least 4 members (excludes halogenated alkanes) is 20. The second-order valence-electron chi connectivity index (χ2n) is 8.65. The molecular formula is C25H48O6. The Labute approximate surface area is 190 Å². The second-order valence-corrected chi connectivity index (χ2v) is 8.65. The fraction of sp³-hybridized carbons (Fsp3) is 0.920. The van der Waals surface area contributed by atoms with E-state index in [1.807, 2.05) is 0 Å². The quantitative estimate of drug-likeness (QED) is 0.114. The molecule has 0 bridgehead atoms. The predicted molar refractivity (Wildman–Crippen MR) is 125 cm³/mol. The van der Waals surface area contributed by atoms with Crippen molar-refractivity contribution in [2.45, 2.75) is 135 Å². The third kappa shape index (κ3) is 28.5. The molecule has 6 heteroatoms. The molecule has 0 amide bonds. The lowest BCUT2D eigenvalue weighted by Crippen LogP contribution is -2.01. The molecular weight excluding hydrogens is 396 g/mol. The number of carbonyl (C=O) groups is 2. The minimum absolute atomic E-state index is 0.338. The minimum atomic E-state index is -1.16. The van der Waals surface area contributed by atoms with Gasteiger partial charge in [0.15, 0.2) is 0 Å². The highest BCUT2D eigenvalue weighted by atomic mass is 16.7. The first-order valence-corrected chi connectivity index (χ1v) is 12.8. The van der Waals surface area contributed by atoms with Crippen molar-refractivity contribution in [1.29, 1.82) is 0 Å². The smallest absolute Gasteiger partial charge is 0.450 e. The molecule has 2 N–H and O–H groups in total.